The van der Waals surface area contributed by atoms with Crippen LogP contribution in [-0.4, -0.2) is 17.6 Å². The molecular weight excluding hydrogens is 170 g/mol. The van der Waals surface area contributed by atoms with Crippen LogP contribution >= 0.6 is 11.3 Å². The van der Waals surface area contributed by atoms with Gasteiger partial charge in [-0.05, 0) is 13.8 Å². The summed E-state index contributed by atoms with van der Waals surface area (Å²) in [6, 6.07) is 0.381. The number of nitrogens with zero attached hydrogens (tertiary/aromatic N) is 1. The lowest BCUT2D eigenvalue weighted by Gasteiger charge is -2.09. The standard InChI is InChI=1S/C8H15N3S/c1-6(3-9)10-4-8-7(2)11-5-12-8/h5-6,10H,3-4,9H2,1-2H3/t6-/m0/s1. The van der Waals surface area contributed by atoms with E-state index in [9.17, 15) is 0 Å². The van der Waals surface area contributed by atoms with Crippen LogP contribution in [0.5, 0.6) is 0 Å². The topological polar surface area (TPSA) is 50.9 Å². The van der Waals surface area contributed by atoms with E-state index in [2.05, 4.69) is 17.2 Å². The monoisotopic (exact) mass is 185 g/mol. The molecule has 0 saturated heterocycles. The molecule has 0 unspecified atom stereocenters. The summed E-state index contributed by atoms with van der Waals surface area (Å²) >= 11 is 1.69. The summed E-state index contributed by atoms with van der Waals surface area (Å²) in [5.74, 6) is 0. The minimum absolute atomic E-state index is 0.381. The van der Waals surface area contributed by atoms with Crippen molar-refractivity contribution in [3.63, 3.8) is 0 Å². The van der Waals surface area contributed by atoms with Gasteiger partial charge in [-0.3, -0.25) is 0 Å². The summed E-state index contributed by atoms with van der Waals surface area (Å²) in [6.45, 7) is 5.67. The van der Waals surface area contributed by atoms with E-state index in [1.807, 2.05) is 12.4 Å². The van der Waals surface area contributed by atoms with Crippen molar-refractivity contribution in [3.8, 4) is 0 Å². The number of rotatable bonds is 4. The second-order valence-corrected chi connectivity index (χ2v) is 3.82. The molecular formula is C8H15N3S. The van der Waals surface area contributed by atoms with Crippen molar-refractivity contribution in [3.05, 3.63) is 16.1 Å². The Morgan fingerprint density at radius 1 is 1.75 bits per heavy atom. The van der Waals surface area contributed by atoms with Gasteiger partial charge in [-0.1, -0.05) is 0 Å². The largest absolute Gasteiger partial charge is 0.329 e. The molecule has 1 aromatic rings. The summed E-state index contributed by atoms with van der Waals surface area (Å²) in [5.41, 5.74) is 8.47. The van der Waals surface area contributed by atoms with E-state index in [-0.39, 0.29) is 0 Å². The zero-order valence-corrected chi connectivity index (χ0v) is 8.32. The van der Waals surface area contributed by atoms with Crippen molar-refractivity contribution in [2.24, 2.45) is 5.73 Å². The van der Waals surface area contributed by atoms with E-state index in [0.717, 1.165) is 12.2 Å². The van der Waals surface area contributed by atoms with Gasteiger partial charge >= 0.3 is 0 Å². The summed E-state index contributed by atoms with van der Waals surface area (Å²) in [5, 5.41) is 3.32. The van der Waals surface area contributed by atoms with Gasteiger partial charge in [0, 0.05) is 24.0 Å². The van der Waals surface area contributed by atoms with Gasteiger partial charge in [0.05, 0.1) is 11.2 Å². The molecule has 0 bridgehead atoms. The third-order valence-corrected chi connectivity index (χ3v) is 2.74. The van der Waals surface area contributed by atoms with Gasteiger partial charge in [0.1, 0.15) is 0 Å². The van der Waals surface area contributed by atoms with Crippen LogP contribution in [0.25, 0.3) is 0 Å². The molecule has 3 N–H and O–H groups in total. The molecule has 0 radical (unpaired) electrons. The third kappa shape index (κ3) is 2.55. The van der Waals surface area contributed by atoms with Crippen molar-refractivity contribution in [1.82, 2.24) is 10.3 Å². The first-order valence-corrected chi connectivity index (χ1v) is 4.94. The quantitative estimate of drug-likeness (QED) is 0.732. The van der Waals surface area contributed by atoms with Crippen molar-refractivity contribution >= 4 is 11.3 Å². The molecule has 1 heterocycles. The van der Waals surface area contributed by atoms with Gasteiger partial charge in [-0.15, -0.1) is 11.3 Å². The fraction of sp³-hybridized carbons (Fsp3) is 0.625. The fourth-order valence-electron chi connectivity index (χ4n) is 0.846. The second kappa shape index (κ2) is 4.54. The number of hydrogen-bond acceptors (Lipinski definition) is 4. The van der Waals surface area contributed by atoms with E-state index in [1.54, 1.807) is 11.3 Å². The Kier molecular flexibility index (Phi) is 3.65. The highest BCUT2D eigenvalue weighted by Crippen LogP contribution is 2.11. The first-order chi connectivity index (χ1) is 5.74. The number of aryl methyl sites for hydroxylation is 1. The lowest BCUT2D eigenvalue weighted by Crippen LogP contribution is -2.32. The van der Waals surface area contributed by atoms with E-state index < -0.39 is 0 Å². The van der Waals surface area contributed by atoms with Crippen LogP contribution in [0.15, 0.2) is 5.51 Å². The van der Waals surface area contributed by atoms with Gasteiger partial charge < -0.3 is 11.1 Å². The van der Waals surface area contributed by atoms with Gasteiger partial charge in [-0.25, -0.2) is 4.98 Å². The Morgan fingerprint density at radius 2 is 2.50 bits per heavy atom. The van der Waals surface area contributed by atoms with Gasteiger partial charge in [0.2, 0.25) is 0 Å². The molecule has 0 aliphatic carbocycles. The lowest BCUT2D eigenvalue weighted by molar-refractivity contribution is 0.558. The highest BCUT2D eigenvalue weighted by atomic mass is 32.1. The predicted octanol–water partition coefficient (Wildman–Crippen LogP) is 0.888. The number of nitrogens with two attached hydrogens (primary N) is 1. The summed E-state index contributed by atoms with van der Waals surface area (Å²) in [7, 11) is 0. The Labute approximate surface area is 77.0 Å². The second-order valence-electron chi connectivity index (χ2n) is 2.88. The molecule has 3 nitrogen and oxygen atoms in total. The van der Waals surface area contributed by atoms with Crippen molar-refractivity contribution in [2.75, 3.05) is 6.54 Å². The highest BCUT2D eigenvalue weighted by molar-refractivity contribution is 7.09. The maximum absolute atomic E-state index is 5.47. The fourth-order valence-corrected chi connectivity index (χ4v) is 1.57. The van der Waals surface area contributed by atoms with E-state index in [0.29, 0.717) is 12.6 Å². The summed E-state index contributed by atoms with van der Waals surface area (Å²) in [4.78, 5) is 5.47. The lowest BCUT2D eigenvalue weighted by atomic mass is 10.3. The van der Waals surface area contributed by atoms with E-state index in [4.69, 9.17) is 5.73 Å². The van der Waals surface area contributed by atoms with Crippen LogP contribution in [0, 0.1) is 6.92 Å². The van der Waals surface area contributed by atoms with Crippen LogP contribution in [0.2, 0.25) is 0 Å². The van der Waals surface area contributed by atoms with Crippen LogP contribution in [-0.2, 0) is 6.54 Å². The minimum Gasteiger partial charge on any atom is -0.329 e. The van der Waals surface area contributed by atoms with Crippen LogP contribution in [0.4, 0.5) is 0 Å². The number of aromatic nitrogens is 1. The zero-order chi connectivity index (χ0) is 8.97. The number of nitrogens with one attached hydrogen (secondary N) is 1. The highest BCUT2D eigenvalue weighted by Gasteiger charge is 2.02. The van der Waals surface area contributed by atoms with E-state index >= 15 is 0 Å². The van der Waals surface area contributed by atoms with Gasteiger partial charge in [0.15, 0.2) is 0 Å². The van der Waals surface area contributed by atoms with Crippen molar-refractivity contribution in [1.29, 1.82) is 0 Å². The molecule has 1 rings (SSSR count). The summed E-state index contributed by atoms with van der Waals surface area (Å²) < 4.78 is 0. The summed E-state index contributed by atoms with van der Waals surface area (Å²) in [6.07, 6.45) is 0. The van der Waals surface area contributed by atoms with Gasteiger partial charge in [-0.2, -0.15) is 0 Å². The maximum atomic E-state index is 5.47. The molecule has 4 heteroatoms. The Balaban J connectivity index is 2.38. The Bertz CT molecular complexity index is 234. The van der Waals surface area contributed by atoms with Crippen molar-refractivity contribution < 1.29 is 0 Å². The predicted molar refractivity (Wildman–Crippen MR) is 52.2 cm³/mol. The molecule has 0 saturated carbocycles. The first-order valence-electron chi connectivity index (χ1n) is 4.06. The molecule has 0 spiro atoms. The Hall–Kier alpha value is -0.450. The Morgan fingerprint density at radius 3 is 3.00 bits per heavy atom. The molecule has 1 atom stereocenters. The smallest absolute Gasteiger partial charge is 0.0798 e. The molecule has 0 aromatic carbocycles. The normalized spacial score (nSPS) is 13.2. The first kappa shape index (κ1) is 9.64. The van der Waals surface area contributed by atoms with Gasteiger partial charge in [0.25, 0.3) is 0 Å². The molecule has 0 aliphatic rings. The molecule has 0 aliphatic heterocycles. The van der Waals surface area contributed by atoms with E-state index in [1.165, 1.54) is 4.88 Å². The molecule has 0 fully saturated rings. The third-order valence-electron chi connectivity index (χ3n) is 1.81. The zero-order valence-electron chi connectivity index (χ0n) is 7.50. The number of hydrogen-bond donors (Lipinski definition) is 2. The van der Waals surface area contributed by atoms with Crippen LogP contribution in [0.3, 0.4) is 0 Å². The maximum Gasteiger partial charge on any atom is 0.0798 e. The molecule has 1 aromatic heterocycles. The van der Waals surface area contributed by atoms with Crippen LogP contribution < -0.4 is 11.1 Å². The average molecular weight is 185 g/mol. The molecule has 68 valence electrons. The van der Waals surface area contributed by atoms with Crippen LogP contribution in [0.1, 0.15) is 17.5 Å². The molecule has 0 amide bonds. The average Bonchev–Trinajstić information content (AvgIpc) is 2.47. The SMILES string of the molecule is Cc1ncsc1CN[C@@H](C)CN. The minimum atomic E-state index is 0.381. The van der Waals surface area contributed by atoms with Crippen molar-refractivity contribution in [2.45, 2.75) is 26.4 Å². The molecule has 12 heavy (non-hydrogen) atoms. The number of thiazole rings is 1.